The molecule has 1 aromatic carbocycles. The Morgan fingerprint density at radius 1 is 1.32 bits per heavy atom. The maximum Gasteiger partial charge on any atom is 0.305 e. The molecule has 0 aromatic heterocycles. The monoisotopic (exact) mass is 265 g/mol. The molecule has 0 unspecified atom stereocenters. The smallest absolute Gasteiger partial charge is 0.305 e. The molecule has 2 rings (SSSR count). The van der Waals surface area contributed by atoms with E-state index in [-0.39, 0.29) is 13.2 Å². The number of carboxylic acid groups (broad SMARTS) is 1. The lowest BCUT2D eigenvalue weighted by Gasteiger charge is -2.24. The van der Waals surface area contributed by atoms with Gasteiger partial charge in [0.1, 0.15) is 0 Å². The lowest BCUT2D eigenvalue weighted by molar-refractivity contribution is -0.136. The summed E-state index contributed by atoms with van der Waals surface area (Å²) in [5.41, 5.74) is 0.985. The maximum absolute atomic E-state index is 10.7. The van der Waals surface area contributed by atoms with Crippen molar-refractivity contribution in [2.75, 3.05) is 24.8 Å². The lowest BCUT2D eigenvalue weighted by Crippen LogP contribution is -2.27. The quantitative estimate of drug-likeness (QED) is 0.820. The Morgan fingerprint density at radius 3 is 2.84 bits per heavy atom. The summed E-state index contributed by atoms with van der Waals surface area (Å²) >= 11 is 0. The normalized spacial score (nSPS) is 12.5. The van der Waals surface area contributed by atoms with Gasteiger partial charge in [-0.15, -0.1) is 0 Å². The van der Waals surface area contributed by atoms with Crippen molar-refractivity contribution in [3.63, 3.8) is 0 Å². The highest BCUT2D eigenvalue weighted by atomic mass is 16.7. The van der Waals surface area contributed by atoms with Gasteiger partial charge in [0.25, 0.3) is 0 Å². The summed E-state index contributed by atoms with van der Waals surface area (Å²) in [5, 5.41) is 8.82. The molecule has 1 heterocycles. The first kappa shape index (κ1) is 13.5. The topological polar surface area (TPSA) is 59.0 Å². The zero-order valence-electron chi connectivity index (χ0n) is 11.1. The number of hydrogen-bond acceptors (Lipinski definition) is 4. The van der Waals surface area contributed by atoms with Gasteiger partial charge in [-0.1, -0.05) is 13.3 Å². The second kappa shape index (κ2) is 6.31. The van der Waals surface area contributed by atoms with Crippen LogP contribution in [0.3, 0.4) is 0 Å². The number of ether oxygens (including phenoxy) is 2. The maximum atomic E-state index is 10.7. The van der Waals surface area contributed by atoms with Crippen molar-refractivity contribution in [3.05, 3.63) is 18.2 Å². The van der Waals surface area contributed by atoms with Gasteiger partial charge in [-0.05, 0) is 18.6 Å². The van der Waals surface area contributed by atoms with Gasteiger partial charge >= 0.3 is 5.97 Å². The van der Waals surface area contributed by atoms with Crippen LogP contribution in [0, 0.1) is 0 Å². The number of aliphatic carboxylic acids is 1. The van der Waals surface area contributed by atoms with Crippen LogP contribution < -0.4 is 14.4 Å². The molecule has 0 spiro atoms. The summed E-state index contributed by atoms with van der Waals surface area (Å²) in [6.45, 7) is 3.73. The van der Waals surface area contributed by atoms with E-state index in [1.807, 2.05) is 18.2 Å². The Morgan fingerprint density at radius 2 is 2.11 bits per heavy atom. The number of nitrogens with zero attached hydrogens (tertiary/aromatic N) is 1. The van der Waals surface area contributed by atoms with Gasteiger partial charge in [-0.3, -0.25) is 4.79 Å². The van der Waals surface area contributed by atoms with Crippen molar-refractivity contribution in [3.8, 4) is 11.5 Å². The number of carboxylic acids is 1. The molecule has 1 aliphatic rings. The number of benzene rings is 1. The van der Waals surface area contributed by atoms with E-state index in [4.69, 9.17) is 14.6 Å². The van der Waals surface area contributed by atoms with E-state index in [9.17, 15) is 4.79 Å². The first-order chi connectivity index (χ1) is 9.20. The van der Waals surface area contributed by atoms with Gasteiger partial charge in [0.05, 0.1) is 6.42 Å². The van der Waals surface area contributed by atoms with Crippen LogP contribution in [-0.4, -0.2) is 31.0 Å². The fourth-order valence-electron chi connectivity index (χ4n) is 2.03. The average Bonchev–Trinajstić information content (AvgIpc) is 2.85. The molecule has 1 aliphatic heterocycles. The molecule has 0 radical (unpaired) electrons. The van der Waals surface area contributed by atoms with E-state index < -0.39 is 5.97 Å². The van der Waals surface area contributed by atoms with E-state index in [0.717, 1.165) is 36.6 Å². The summed E-state index contributed by atoms with van der Waals surface area (Å²) in [6.07, 6.45) is 2.25. The minimum atomic E-state index is -0.776. The second-order valence-electron chi connectivity index (χ2n) is 4.52. The lowest BCUT2D eigenvalue weighted by atomic mass is 10.2. The van der Waals surface area contributed by atoms with Crippen molar-refractivity contribution in [1.82, 2.24) is 0 Å². The Bertz CT molecular complexity index is 447. The van der Waals surface area contributed by atoms with Gasteiger partial charge in [0.2, 0.25) is 6.79 Å². The molecule has 1 N–H and O–H groups in total. The summed E-state index contributed by atoms with van der Waals surface area (Å²) < 4.78 is 10.6. The molecule has 19 heavy (non-hydrogen) atoms. The molecule has 104 valence electrons. The van der Waals surface area contributed by atoms with Gasteiger partial charge < -0.3 is 19.5 Å². The predicted octanol–water partition coefficient (Wildman–Crippen LogP) is 2.50. The highest BCUT2D eigenvalue weighted by Gasteiger charge is 2.16. The summed E-state index contributed by atoms with van der Waals surface area (Å²) in [5.74, 6) is 0.703. The van der Waals surface area contributed by atoms with Crippen LogP contribution in [0.4, 0.5) is 5.69 Å². The number of unbranched alkanes of at least 4 members (excludes halogenated alkanes) is 1. The molecule has 0 saturated carbocycles. The Kier molecular flexibility index (Phi) is 4.49. The third-order valence-corrected chi connectivity index (χ3v) is 3.10. The number of fused-ring (bicyclic) bond motifs is 1. The molecule has 0 atom stereocenters. The minimum Gasteiger partial charge on any atom is -0.481 e. The molecule has 5 heteroatoms. The van der Waals surface area contributed by atoms with Gasteiger partial charge in [0.15, 0.2) is 11.5 Å². The Hall–Kier alpha value is -1.91. The van der Waals surface area contributed by atoms with E-state index in [1.165, 1.54) is 0 Å². The predicted molar refractivity (Wildman–Crippen MR) is 71.9 cm³/mol. The van der Waals surface area contributed by atoms with Crippen molar-refractivity contribution in [1.29, 1.82) is 0 Å². The fourth-order valence-corrected chi connectivity index (χ4v) is 2.03. The Labute approximate surface area is 112 Å². The minimum absolute atomic E-state index is 0.137. The summed E-state index contributed by atoms with van der Waals surface area (Å²) in [4.78, 5) is 12.8. The number of carbonyl (C=O) groups is 1. The fraction of sp³-hybridized carbons (Fsp3) is 0.500. The van der Waals surface area contributed by atoms with E-state index in [2.05, 4.69) is 11.8 Å². The first-order valence-corrected chi connectivity index (χ1v) is 6.57. The zero-order valence-corrected chi connectivity index (χ0v) is 11.1. The molecule has 1 aromatic rings. The SMILES string of the molecule is CCCCN(CCC(=O)O)c1ccc2c(c1)OCO2. The van der Waals surface area contributed by atoms with Crippen LogP contribution in [0.2, 0.25) is 0 Å². The van der Waals surface area contributed by atoms with Crippen LogP contribution in [-0.2, 0) is 4.79 Å². The molecule has 0 saturated heterocycles. The largest absolute Gasteiger partial charge is 0.481 e. The van der Waals surface area contributed by atoms with Crippen molar-refractivity contribution >= 4 is 11.7 Å². The van der Waals surface area contributed by atoms with Crippen molar-refractivity contribution in [2.24, 2.45) is 0 Å². The highest BCUT2D eigenvalue weighted by Crippen LogP contribution is 2.35. The number of rotatable bonds is 7. The molecule has 5 nitrogen and oxygen atoms in total. The van der Waals surface area contributed by atoms with Crippen LogP contribution in [0.15, 0.2) is 18.2 Å². The van der Waals surface area contributed by atoms with E-state index in [0.29, 0.717) is 6.54 Å². The van der Waals surface area contributed by atoms with Crippen molar-refractivity contribution < 1.29 is 19.4 Å². The van der Waals surface area contributed by atoms with Gasteiger partial charge in [-0.25, -0.2) is 0 Å². The zero-order chi connectivity index (χ0) is 13.7. The van der Waals surface area contributed by atoms with Gasteiger partial charge in [-0.2, -0.15) is 0 Å². The van der Waals surface area contributed by atoms with Crippen LogP contribution in [0.25, 0.3) is 0 Å². The summed E-state index contributed by atoms with van der Waals surface area (Å²) in [6, 6.07) is 5.74. The second-order valence-corrected chi connectivity index (χ2v) is 4.52. The van der Waals surface area contributed by atoms with Gasteiger partial charge in [0, 0.05) is 24.8 Å². The molecule has 0 bridgehead atoms. The molecular weight excluding hydrogens is 246 g/mol. The molecule has 0 amide bonds. The third kappa shape index (κ3) is 3.53. The highest BCUT2D eigenvalue weighted by molar-refractivity contribution is 5.68. The van der Waals surface area contributed by atoms with E-state index in [1.54, 1.807) is 0 Å². The Balaban J connectivity index is 2.09. The molecular formula is C14H19NO4. The van der Waals surface area contributed by atoms with Crippen LogP contribution >= 0.6 is 0 Å². The summed E-state index contributed by atoms with van der Waals surface area (Å²) in [7, 11) is 0. The third-order valence-electron chi connectivity index (χ3n) is 3.10. The van der Waals surface area contributed by atoms with Crippen LogP contribution in [0.5, 0.6) is 11.5 Å². The molecule has 0 aliphatic carbocycles. The average molecular weight is 265 g/mol. The number of anilines is 1. The van der Waals surface area contributed by atoms with Crippen LogP contribution in [0.1, 0.15) is 26.2 Å². The molecule has 0 fully saturated rings. The van der Waals surface area contributed by atoms with E-state index >= 15 is 0 Å². The first-order valence-electron chi connectivity index (χ1n) is 6.57. The van der Waals surface area contributed by atoms with Crippen molar-refractivity contribution in [2.45, 2.75) is 26.2 Å². The standard InChI is InChI=1S/C14H19NO4/c1-2-3-7-15(8-6-14(16)17)11-4-5-12-13(9-11)19-10-18-12/h4-5,9H,2-3,6-8,10H2,1H3,(H,16,17). The number of hydrogen-bond donors (Lipinski definition) is 1.